The lowest BCUT2D eigenvalue weighted by Crippen LogP contribution is -2.54. The van der Waals surface area contributed by atoms with E-state index < -0.39 is 11.6 Å². The molecule has 4 amide bonds. The second-order valence-corrected chi connectivity index (χ2v) is 8.07. The van der Waals surface area contributed by atoms with Crippen LogP contribution in [0.2, 0.25) is 0 Å². The highest BCUT2D eigenvalue weighted by Crippen LogP contribution is 2.38. The second kappa shape index (κ2) is 7.33. The van der Waals surface area contributed by atoms with Gasteiger partial charge in [-0.1, -0.05) is 38.0 Å². The molecule has 0 unspecified atom stereocenters. The normalized spacial score (nSPS) is 26.2. The number of hydrogen-bond acceptors (Lipinski definition) is 3. The molecule has 27 heavy (non-hydrogen) atoms. The molecule has 1 aromatic carbocycles. The van der Waals surface area contributed by atoms with Gasteiger partial charge < -0.3 is 10.6 Å². The summed E-state index contributed by atoms with van der Waals surface area (Å²) in [6.45, 7) is 7.74. The molecule has 1 aliphatic heterocycles. The largest absolute Gasteiger partial charge is 0.348 e. The fourth-order valence-corrected chi connectivity index (χ4v) is 4.19. The molecule has 146 valence electrons. The number of carbonyl (C=O) groups is 3. The zero-order valence-electron chi connectivity index (χ0n) is 16.6. The minimum atomic E-state index is -0.824. The Bertz CT molecular complexity index is 776. The maximum Gasteiger partial charge on any atom is 0.325 e. The third-order valence-corrected chi connectivity index (χ3v) is 6.21. The Kier molecular flexibility index (Phi) is 5.27. The number of benzene rings is 1. The molecule has 1 saturated carbocycles. The lowest BCUT2D eigenvalue weighted by atomic mass is 9.73. The van der Waals surface area contributed by atoms with Gasteiger partial charge in [-0.3, -0.25) is 14.5 Å². The van der Waals surface area contributed by atoms with E-state index in [4.69, 9.17) is 0 Å². The van der Waals surface area contributed by atoms with Crippen molar-refractivity contribution >= 4 is 17.8 Å². The van der Waals surface area contributed by atoms with Crippen molar-refractivity contribution in [2.24, 2.45) is 5.92 Å². The van der Waals surface area contributed by atoms with E-state index >= 15 is 0 Å². The fraction of sp³-hybridized carbons (Fsp3) is 0.571. The van der Waals surface area contributed by atoms with Crippen molar-refractivity contribution in [1.29, 1.82) is 0 Å². The summed E-state index contributed by atoms with van der Waals surface area (Å²) in [7, 11) is 0. The van der Waals surface area contributed by atoms with Crippen LogP contribution in [0.5, 0.6) is 0 Å². The smallest absolute Gasteiger partial charge is 0.325 e. The van der Waals surface area contributed by atoms with Gasteiger partial charge in [0.25, 0.3) is 5.91 Å². The van der Waals surface area contributed by atoms with E-state index in [9.17, 15) is 14.4 Å². The van der Waals surface area contributed by atoms with E-state index in [-0.39, 0.29) is 30.3 Å². The Hall–Kier alpha value is -2.37. The summed E-state index contributed by atoms with van der Waals surface area (Å²) in [5, 5.41) is 5.78. The van der Waals surface area contributed by atoms with Gasteiger partial charge in [0.15, 0.2) is 0 Å². The molecular formula is C21H29N3O3. The Morgan fingerprint density at radius 2 is 2.04 bits per heavy atom. The van der Waals surface area contributed by atoms with Crippen LogP contribution < -0.4 is 10.6 Å². The Morgan fingerprint density at radius 3 is 2.70 bits per heavy atom. The lowest BCUT2D eigenvalue weighted by molar-refractivity contribution is -0.137. The number of carbonyl (C=O) groups excluding carboxylic acids is 3. The first-order valence-corrected chi connectivity index (χ1v) is 9.75. The average molecular weight is 371 g/mol. The standard InChI is InChI=1S/C21H29N3O3/c1-13-8-9-17(11-14(13)2)16(4)22-18(25)12-24-19(26)21(23-20(24)27)10-6-5-7-15(21)3/h8-9,11,15-16H,5-7,10,12H2,1-4H3,(H,22,25)(H,23,27)/t15-,16+,21+/m0/s1. The van der Waals surface area contributed by atoms with E-state index in [1.165, 1.54) is 5.56 Å². The number of aryl methyl sites for hydroxylation is 2. The highest BCUT2D eigenvalue weighted by Gasteiger charge is 2.55. The lowest BCUT2D eigenvalue weighted by Gasteiger charge is -2.36. The number of nitrogens with zero attached hydrogens (tertiary/aromatic N) is 1. The zero-order chi connectivity index (χ0) is 19.8. The molecule has 6 nitrogen and oxygen atoms in total. The average Bonchev–Trinajstić information content (AvgIpc) is 2.85. The first-order valence-electron chi connectivity index (χ1n) is 9.75. The maximum atomic E-state index is 12.9. The summed E-state index contributed by atoms with van der Waals surface area (Å²) < 4.78 is 0. The van der Waals surface area contributed by atoms with Crippen LogP contribution in [-0.4, -0.2) is 34.8 Å². The zero-order valence-corrected chi connectivity index (χ0v) is 16.6. The van der Waals surface area contributed by atoms with Crippen LogP contribution in [0.3, 0.4) is 0 Å². The van der Waals surface area contributed by atoms with Crippen LogP contribution in [0.25, 0.3) is 0 Å². The molecule has 1 spiro atoms. The van der Waals surface area contributed by atoms with Gasteiger partial charge in [-0.2, -0.15) is 0 Å². The predicted octanol–water partition coefficient (Wildman–Crippen LogP) is 2.98. The fourth-order valence-electron chi connectivity index (χ4n) is 4.19. The Morgan fingerprint density at radius 1 is 1.30 bits per heavy atom. The van der Waals surface area contributed by atoms with E-state index in [0.717, 1.165) is 35.3 Å². The third kappa shape index (κ3) is 3.57. The van der Waals surface area contributed by atoms with Crippen LogP contribution in [0.1, 0.15) is 62.3 Å². The molecular weight excluding hydrogens is 342 g/mol. The number of imide groups is 1. The summed E-state index contributed by atoms with van der Waals surface area (Å²) in [5.41, 5.74) is 2.54. The van der Waals surface area contributed by atoms with E-state index in [1.54, 1.807) is 0 Å². The number of nitrogens with one attached hydrogen (secondary N) is 2. The topological polar surface area (TPSA) is 78.5 Å². The summed E-state index contributed by atoms with van der Waals surface area (Å²) in [6, 6.07) is 5.41. The van der Waals surface area contributed by atoms with Crippen LogP contribution >= 0.6 is 0 Å². The molecule has 2 N–H and O–H groups in total. The molecule has 0 bridgehead atoms. The summed E-state index contributed by atoms with van der Waals surface area (Å²) in [6.07, 6.45) is 3.55. The van der Waals surface area contributed by atoms with Gasteiger partial charge in [0.05, 0.1) is 6.04 Å². The van der Waals surface area contributed by atoms with Crippen LogP contribution in [0.15, 0.2) is 18.2 Å². The molecule has 2 fully saturated rings. The van der Waals surface area contributed by atoms with Crippen LogP contribution in [0, 0.1) is 19.8 Å². The number of amides is 4. The molecule has 1 saturated heterocycles. The molecule has 0 radical (unpaired) electrons. The van der Waals surface area contributed by atoms with Crippen molar-refractivity contribution in [3.05, 3.63) is 34.9 Å². The van der Waals surface area contributed by atoms with Crippen LogP contribution in [0.4, 0.5) is 4.79 Å². The van der Waals surface area contributed by atoms with Crippen molar-refractivity contribution < 1.29 is 14.4 Å². The summed E-state index contributed by atoms with van der Waals surface area (Å²) >= 11 is 0. The second-order valence-electron chi connectivity index (χ2n) is 8.07. The summed E-state index contributed by atoms with van der Waals surface area (Å²) in [5.74, 6) is -0.497. The highest BCUT2D eigenvalue weighted by atomic mass is 16.2. The minimum Gasteiger partial charge on any atom is -0.348 e. The first kappa shape index (κ1) is 19.4. The van der Waals surface area contributed by atoms with E-state index in [1.807, 2.05) is 45.9 Å². The van der Waals surface area contributed by atoms with Crippen LogP contribution in [-0.2, 0) is 9.59 Å². The molecule has 6 heteroatoms. The SMILES string of the molecule is Cc1ccc([C@@H](C)NC(=O)CN2C(=O)N[C@@]3(CCCC[C@@H]3C)C2=O)cc1C. The Labute approximate surface area is 160 Å². The van der Waals surface area contributed by atoms with Gasteiger partial charge in [-0.15, -0.1) is 0 Å². The van der Waals surface area contributed by atoms with Gasteiger partial charge in [0, 0.05) is 0 Å². The van der Waals surface area contributed by atoms with Gasteiger partial charge in [0.2, 0.25) is 5.91 Å². The first-order chi connectivity index (χ1) is 12.7. The third-order valence-electron chi connectivity index (χ3n) is 6.21. The van der Waals surface area contributed by atoms with Gasteiger partial charge in [-0.25, -0.2) is 4.79 Å². The molecule has 1 aromatic rings. The molecule has 3 atom stereocenters. The van der Waals surface area contributed by atoms with Crippen molar-refractivity contribution in [3.8, 4) is 0 Å². The highest BCUT2D eigenvalue weighted by molar-refractivity contribution is 6.09. The van der Waals surface area contributed by atoms with Crippen molar-refractivity contribution in [2.75, 3.05) is 6.54 Å². The van der Waals surface area contributed by atoms with Crippen molar-refractivity contribution in [3.63, 3.8) is 0 Å². The van der Waals surface area contributed by atoms with Crippen molar-refractivity contribution in [1.82, 2.24) is 15.5 Å². The Balaban J connectivity index is 1.66. The number of rotatable bonds is 4. The quantitative estimate of drug-likeness (QED) is 0.799. The van der Waals surface area contributed by atoms with Gasteiger partial charge >= 0.3 is 6.03 Å². The monoisotopic (exact) mass is 371 g/mol. The van der Waals surface area contributed by atoms with E-state index in [2.05, 4.69) is 10.6 Å². The molecule has 3 rings (SSSR count). The predicted molar refractivity (Wildman–Crippen MR) is 103 cm³/mol. The molecule has 0 aromatic heterocycles. The minimum absolute atomic E-state index is 0.0882. The van der Waals surface area contributed by atoms with E-state index in [0.29, 0.717) is 6.42 Å². The molecule has 1 heterocycles. The number of urea groups is 1. The molecule has 1 aliphatic carbocycles. The summed E-state index contributed by atoms with van der Waals surface area (Å²) in [4.78, 5) is 38.9. The van der Waals surface area contributed by atoms with Crippen molar-refractivity contribution in [2.45, 2.75) is 65.0 Å². The molecule has 2 aliphatic rings. The number of hydrogen-bond donors (Lipinski definition) is 2. The van der Waals surface area contributed by atoms with Gasteiger partial charge in [-0.05, 0) is 56.2 Å². The van der Waals surface area contributed by atoms with Gasteiger partial charge in [0.1, 0.15) is 12.1 Å². The maximum absolute atomic E-state index is 12.9.